The highest BCUT2D eigenvalue weighted by Gasteiger charge is 2.46. The number of aliphatic hydroxyl groups is 4. The minimum Gasteiger partial charge on any atom is -0.462 e. The van der Waals surface area contributed by atoms with E-state index in [9.17, 15) is 53.7 Å². The minimum absolute atomic E-state index is 0.000389. The molecule has 2 rings (SSSR count). The number of hydrogen-bond acceptors (Lipinski definition) is 17. The van der Waals surface area contributed by atoms with Crippen LogP contribution in [0.3, 0.4) is 0 Å². The summed E-state index contributed by atoms with van der Waals surface area (Å²) in [5.41, 5.74) is 4.58. The maximum atomic E-state index is 12.9. The lowest BCUT2D eigenvalue weighted by Gasteiger charge is -2.21. The molecule has 454 valence electrons. The molecule has 1 saturated heterocycles. The molecule has 1 aromatic heterocycles. The minimum atomic E-state index is -5.48. The first kappa shape index (κ1) is 71.7. The van der Waals surface area contributed by atoms with Gasteiger partial charge in [-0.25, -0.2) is 13.9 Å². The number of esters is 2. The van der Waals surface area contributed by atoms with E-state index in [-0.39, 0.29) is 31.5 Å². The first-order valence-corrected chi connectivity index (χ1v) is 32.3. The van der Waals surface area contributed by atoms with Crippen molar-refractivity contribution < 1.29 is 76.5 Å². The number of rotatable bonds is 48. The molecule has 0 bridgehead atoms. The summed E-state index contributed by atoms with van der Waals surface area (Å²) in [5, 5.41) is 41.4. The van der Waals surface area contributed by atoms with E-state index in [0.717, 1.165) is 61.6 Å². The molecule has 22 heteroatoms. The van der Waals surface area contributed by atoms with Gasteiger partial charge in [0.1, 0.15) is 30.7 Å². The first-order chi connectivity index (χ1) is 37.9. The number of hydrogen-bond donors (Lipinski definition) is 7. The molecule has 8 N–H and O–H groups in total. The van der Waals surface area contributed by atoms with E-state index in [1.165, 1.54) is 109 Å². The Bertz CT molecular complexity index is 2070. The van der Waals surface area contributed by atoms with Crippen molar-refractivity contribution in [2.75, 3.05) is 25.6 Å². The zero-order valence-electron chi connectivity index (χ0n) is 47.6. The van der Waals surface area contributed by atoms with Gasteiger partial charge in [0, 0.05) is 19.0 Å². The van der Waals surface area contributed by atoms with Gasteiger partial charge in [0.05, 0.1) is 25.4 Å². The molecular formula is C57H99N3O17P2. The lowest BCUT2D eigenvalue weighted by molar-refractivity contribution is -0.161. The largest absolute Gasteiger partial charge is 0.481 e. The molecule has 79 heavy (non-hydrogen) atoms. The number of aromatic nitrogens is 2. The van der Waals surface area contributed by atoms with Crippen molar-refractivity contribution in [1.82, 2.24) is 9.55 Å². The number of nitrogens with two attached hydrogens (primary N) is 1. The summed E-state index contributed by atoms with van der Waals surface area (Å²) in [6, 6.07) is 1.24. The van der Waals surface area contributed by atoms with Crippen molar-refractivity contribution in [2.45, 2.75) is 250 Å². The number of allylic oxidation sites excluding steroid dienone is 5. The molecule has 0 amide bonds. The Balaban J connectivity index is 1.80. The van der Waals surface area contributed by atoms with E-state index in [0.29, 0.717) is 12.8 Å². The monoisotopic (exact) mass is 1160 g/mol. The molecule has 0 aromatic carbocycles. The highest BCUT2D eigenvalue weighted by molar-refractivity contribution is 7.61. The van der Waals surface area contributed by atoms with Crippen molar-refractivity contribution in [2.24, 2.45) is 5.92 Å². The predicted octanol–water partition coefficient (Wildman–Crippen LogP) is 11.1. The van der Waals surface area contributed by atoms with E-state index in [1.54, 1.807) is 36.5 Å². The molecule has 0 radical (unpaired) electrons. The van der Waals surface area contributed by atoms with Gasteiger partial charge < -0.3 is 50.2 Å². The molecule has 1 aromatic rings. The fraction of sp³-hybridized carbons (Fsp3) is 0.754. The summed E-state index contributed by atoms with van der Waals surface area (Å²) in [6.07, 6.45) is 35.1. The predicted molar refractivity (Wildman–Crippen MR) is 305 cm³/mol. The molecule has 10 atom stereocenters. The second-order valence-corrected chi connectivity index (χ2v) is 23.8. The van der Waals surface area contributed by atoms with Crippen LogP contribution in [0.15, 0.2) is 65.7 Å². The molecule has 3 unspecified atom stereocenters. The zero-order chi connectivity index (χ0) is 58.2. The van der Waals surface area contributed by atoms with E-state index in [4.69, 9.17) is 29.0 Å². The number of aliphatic hydroxyl groups excluding tert-OH is 4. The number of nitrogens with zero attached hydrogens (tertiary/aromatic N) is 2. The van der Waals surface area contributed by atoms with Crippen molar-refractivity contribution in [3.8, 4) is 0 Å². The van der Waals surface area contributed by atoms with Crippen LogP contribution in [0.5, 0.6) is 0 Å². The highest BCUT2D eigenvalue weighted by Crippen LogP contribution is 2.60. The Hall–Kier alpha value is -3.36. The lowest BCUT2D eigenvalue weighted by Crippen LogP contribution is -2.36. The summed E-state index contributed by atoms with van der Waals surface area (Å²) in [6.45, 7) is 4.26. The smallest absolute Gasteiger partial charge is 0.462 e. The molecule has 1 aliphatic rings. The third kappa shape index (κ3) is 36.0. The second-order valence-electron chi connectivity index (χ2n) is 20.8. The fourth-order valence-electron chi connectivity index (χ4n) is 8.66. The maximum absolute atomic E-state index is 12.9. The van der Waals surface area contributed by atoms with E-state index >= 15 is 0 Å². The van der Waals surface area contributed by atoms with Crippen molar-refractivity contribution >= 4 is 33.4 Å². The average Bonchev–Trinajstić information content (AvgIpc) is 3.74. The Kier molecular flexibility index (Phi) is 39.4. The van der Waals surface area contributed by atoms with Crippen LogP contribution < -0.4 is 11.4 Å². The Labute approximate surface area is 470 Å². The summed E-state index contributed by atoms with van der Waals surface area (Å²) in [4.78, 5) is 62.2. The van der Waals surface area contributed by atoms with Crippen molar-refractivity contribution in [3.05, 3.63) is 71.4 Å². The van der Waals surface area contributed by atoms with Gasteiger partial charge in [-0.15, -0.1) is 0 Å². The zero-order valence-corrected chi connectivity index (χ0v) is 49.3. The number of carbonyl (C=O) groups excluding carboxylic acids is 2. The highest BCUT2D eigenvalue weighted by atomic mass is 31.3. The van der Waals surface area contributed by atoms with Gasteiger partial charge in [0.15, 0.2) is 12.3 Å². The molecule has 0 aliphatic carbocycles. The van der Waals surface area contributed by atoms with Crippen LogP contribution in [0, 0.1) is 5.92 Å². The molecule has 2 heterocycles. The van der Waals surface area contributed by atoms with Gasteiger partial charge in [-0.1, -0.05) is 204 Å². The molecule has 0 saturated carbocycles. The van der Waals surface area contributed by atoms with E-state index in [2.05, 4.69) is 36.1 Å². The Morgan fingerprint density at radius 2 is 1.27 bits per heavy atom. The van der Waals surface area contributed by atoms with E-state index < -0.39 is 95.9 Å². The van der Waals surface area contributed by atoms with Gasteiger partial charge >= 0.3 is 33.3 Å². The van der Waals surface area contributed by atoms with Gasteiger partial charge in [0.2, 0.25) is 0 Å². The summed E-state index contributed by atoms with van der Waals surface area (Å²) in [5.74, 6) is -0.681. The van der Waals surface area contributed by atoms with Crippen LogP contribution >= 0.6 is 15.6 Å². The van der Waals surface area contributed by atoms with Crippen LogP contribution in [-0.4, -0.2) is 108 Å². The summed E-state index contributed by atoms with van der Waals surface area (Å²) < 4.78 is 56.8. The van der Waals surface area contributed by atoms with Gasteiger partial charge in [-0.2, -0.15) is 9.29 Å². The number of carbonyl (C=O) groups is 2. The van der Waals surface area contributed by atoms with Gasteiger partial charge in [0.25, 0.3) is 0 Å². The topological polar surface area (TPSA) is 306 Å². The second kappa shape index (κ2) is 43.3. The van der Waals surface area contributed by atoms with Crippen LogP contribution in [-0.2, 0) is 46.3 Å². The number of unbranched alkanes of at least 4 members (excludes halogenated alkanes) is 20. The van der Waals surface area contributed by atoms with Crippen LogP contribution in [0.1, 0.15) is 213 Å². The fourth-order valence-corrected chi connectivity index (χ4v) is 10.8. The SMILES string of the molecule is CCCCC/C=C\C[C@@H](O)/C=C/C=C/C=C\[C@@H](O)CCCC(=O)OC[C@H](COP(=O)(O)OP(=O)(O)OC[C@H]1O[C@@H](n2ccc(N)nc2=O)[C@H](O)[C@@H]1O)OC(=O)CCCCCCCCCCCCCCCCCCCCC(C)CC. The Morgan fingerprint density at radius 1 is 0.709 bits per heavy atom. The maximum Gasteiger partial charge on any atom is 0.481 e. The number of anilines is 1. The van der Waals surface area contributed by atoms with Crippen LogP contribution in [0.2, 0.25) is 0 Å². The lowest BCUT2D eigenvalue weighted by atomic mass is 9.99. The normalized spacial score (nSPS) is 20.0. The first-order valence-electron chi connectivity index (χ1n) is 29.3. The number of ether oxygens (including phenoxy) is 3. The van der Waals surface area contributed by atoms with Crippen LogP contribution in [0.4, 0.5) is 5.82 Å². The Morgan fingerprint density at radius 3 is 1.85 bits per heavy atom. The number of phosphoric acid groups is 2. The van der Waals surface area contributed by atoms with Crippen molar-refractivity contribution in [1.29, 1.82) is 0 Å². The summed E-state index contributed by atoms with van der Waals surface area (Å²) in [7, 11) is -11.0. The quantitative estimate of drug-likeness (QED) is 0.0105. The van der Waals surface area contributed by atoms with Gasteiger partial charge in [-0.05, 0) is 50.5 Å². The molecule has 1 aliphatic heterocycles. The van der Waals surface area contributed by atoms with Crippen molar-refractivity contribution in [3.63, 3.8) is 0 Å². The van der Waals surface area contributed by atoms with Crippen LogP contribution in [0.25, 0.3) is 0 Å². The third-order valence-electron chi connectivity index (χ3n) is 13.6. The van der Waals surface area contributed by atoms with Gasteiger partial charge in [-0.3, -0.25) is 23.2 Å². The summed E-state index contributed by atoms with van der Waals surface area (Å²) >= 11 is 0. The van der Waals surface area contributed by atoms with E-state index in [1.807, 2.05) is 6.08 Å². The third-order valence-corrected chi connectivity index (χ3v) is 16.2. The molecular weight excluding hydrogens is 1060 g/mol. The molecule has 20 nitrogen and oxygen atoms in total. The standard InChI is InChI=1S/C57H99N3O17P2/c1-4-6-7-8-24-29-35-47(61)36-30-26-27-31-37-48(62)38-33-40-52(63)72-43-49(75-53(64)39-32-25-22-20-18-16-14-12-10-9-11-13-15-17-19-21-23-28-34-46(3)5-2)44-73-78(68,69)77-79(70,71)74-45-50-54(65)55(66)56(76-50)60-42-41-51(58)59-57(60)67/h24,26-27,29-31,36-37,41-42,46-50,54-56,61-62,65-66H,4-23,25,28,32-35,38-40,43-45H2,1-3H3,(H,68,69)(H,70,71)(H2,58,59,67)/b27-26+,29-24-,36-30+,37-31-/t46?,47-,48-,49-,50-,54-,55-,56-/m1/s1. The number of nitrogen functional groups attached to an aromatic ring is 1. The average molecular weight is 1160 g/mol. The molecule has 1 fully saturated rings. The molecule has 0 spiro atoms. The number of phosphoric ester groups is 2.